The van der Waals surface area contributed by atoms with Gasteiger partial charge in [-0.2, -0.15) is 0 Å². The molecule has 1 saturated carbocycles. The second kappa shape index (κ2) is 6.44. The number of amides is 1. The van der Waals surface area contributed by atoms with Crippen molar-refractivity contribution in [1.82, 2.24) is 4.90 Å². The summed E-state index contributed by atoms with van der Waals surface area (Å²) in [7, 11) is 0. The van der Waals surface area contributed by atoms with Crippen molar-refractivity contribution in [2.45, 2.75) is 57.5 Å². The first-order valence-electron chi connectivity index (χ1n) is 8.25. The minimum atomic E-state index is 0.171. The van der Waals surface area contributed by atoms with Crippen LogP contribution >= 0.6 is 0 Å². The third kappa shape index (κ3) is 3.34. The highest BCUT2D eigenvalue weighted by molar-refractivity contribution is 5.77. The van der Waals surface area contributed by atoms with Gasteiger partial charge in [-0.15, -0.1) is 0 Å². The normalized spacial score (nSPS) is 29.2. The molecule has 1 atom stereocenters. The van der Waals surface area contributed by atoms with Crippen LogP contribution in [0.3, 0.4) is 0 Å². The second-order valence-corrected chi connectivity index (χ2v) is 6.78. The van der Waals surface area contributed by atoms with Gasteiger partial charge < -0.3 is 14.4 Å². The van der Waals surface area contributed by atoms with Gasteiger partial charge in [0.25, 0.3) is 0 Å². The molecule has 0 aromatic heterocycles. The van der Waals surface area contributed by atoms with Gasteiger partial charge in [0.2, 0.25) is 5.91 Å². The third-order valence-corrected chi connectivity index (χ3v) is 5.26. The molecule has 1 unspecified atom stereocenters. The van der Waals surface area contributed by atoms with Gasteiger partial charge >= 0.3 is 0 Å². The molecule has 4 heteroatoms. The number of ether oxygens (including phenoxy) is 2. The quantitative estimate of drug-likeness (QED) is 0.794. The molecule has 114 valence electrons. The van der Waals surface area contributed by atoms with Gasteiger partial charge in [0.15, 0.2) is 0 Å². The van der Waals surface area contributed by atoms with Crippen LogP contribution in [0.2, 0.25) is 0 Å². The van der Waals surface area contributed by atoms with E-state index in [1.807, 2.05) is 4.90 Å². The summed E-state index contributed by atoms with van der Waals surface area (Å²) in [6.07, 6.45) is 10.2. The number of hydrogen-bond donors (Lipinski definition) is 0. The van der Waals surface area contributed by atoms with E-state index in [1.165, 1.54) is 38.5 Å². The molecule has 4 nitrogen and oxygen atoms in total. The lowest BCUT2D eigenvalue weighted by Gasteiger charge is -2.24. The molecular weight excluding hydrogens is 254 g/mol. The van der Waals surface area contributed by atoms with Gasteiger partial charge in [0, 0.05) is 19.7 Å². The van der Waals surface area contributed by atoms with Crippen LogP contribution in [0.5, 0.6) is 0 Å². The molecule has 3 aliphatic rings. The maximum atomic E-state index is 12.2. The topological polar surface area (TPSA) is 38.8 Å². The molecule has 1 spiro atoms. The SMILES string of the molecule is O=C(COCC1CCCCO1)N1CCC2(CCCC2)C1. The Kier molecular flexibility index (Phi) is 4.61. The third-order valence-electron chi connectivity index (χ3n) is 5.26. The molecule has 2 saturated heterocycles. The van der Waals surface area contributed by atoms with Gasteiger partial charge in [-0.1, -0.05) is 12.8 Å². The largest absolute Gasteiger partial charge is 0.376 e. The molecule has 0 N–H and O–H groups in total. The summed E-state index contributed by atoms with van der Waals surface area (Å²) in [5.74, 6) is 0.171. The van der Waals surface area contributed by atoms with Crippen molar-refractivity contribution in [1.29, 1.82) is 0 Å². The summed E-state index contributed by atoms with van der Waals surface area (Å²) in [4.78, 5) is 14.2. The monoisotopic (exact) mass is 281 g/mol. The molecule has 3 fully saturated rings. The first-order chi connectivity index (χ1) is 9.77. The Balaban J connectivity index is 1.37. The average molecular weight is 281 g/mol. The summed E-state index contributed by atoms with van der Waals surface area (Å²) in [5.41, 5.74) is 0.460. The Morgan fingerprint density at radius 1 is 1.20 bits per heavy atom. The Bertz CT molecular complexity index is 333. The predicted molar refractivity (Wildman–Crippen MR) is 76.5 cm³/mol. The fourth-order valence-electron chi connectivity index (χ4n) is 3.99. The Hall–Kier alpha value is -0.610. The highest BCUT2D eigenvalue weighted by atomic mass is 16.5. The van der Waals surface area contributed by atoms with Crippen molar-refractivity contribution in [3.63, 3.8) is 0 Å². The van der Waals surface area contributed by atoms with E-state index in [0.29, 0.717) is 12.0 Å². The molecule has 0 aromatic carbocycles. The van der Waals surface area contributed by atoms with Crippen molar-refractivity contribution in [3.8, 4) is 0 Å². The molecule has 2 heterocycles. The number of likely N-dealkylation sites (tertiary alicyclic amines) is 1. The maximum Gasteiger partial charge on any atom is 0.248 e. The van der Waals surface area contributed by atoms with E-state index >= 15 is 0 Å². The van der Waals surface area contributed by atoms with Crippen molar-refractivity contribution < 1.29 is 14.3 Å². The van der Waals surface area contributed by atoms with Crippen LogP contribution in [0.1, 0.15) is 51.4 Å². The van der Waals surface area contributed by atoms with E-state index in [9.17, 15) is 4.79 Å². The van der Waals surface area contributed by atoms with Crippen LogP contribution in [0, 0.1) is 5.41 Å². The Morgan fingerprint density at radius 2 is 2.05 bits per heavy atom. The molecule has 20 heavy (non-hydrogen) atoms. The van der Waals surface area contributed by atoms with Crippen molar-refractivity contribution in [2.24, 2.45) is 5.41 Å². The highest BCUT2D eigenvalue weighted by Crippen LogP contribution is 2.45. The van der Waals surface area contributed by atoms with Gasteiger partial charge in [-0.25, -0.2) is 0 Å². The molecule has 0 radical (unpaired) electrons. The lowest BCUT2D eigenvalue weighted by Crippen LogP contribution is -2.35. The zero-order valence-corrected chi connectivity index (χ0v) is 12.4. The number of carbonyl (C=O) groups is 1. The Morgan fingerprint density at radius 3 is 2.80 bits per heavy atom. The highest BCUT2D eigenvalue weighted by Gasteiger charge is 2.41. The zero-order chi connectivity index (χ0) is 13.8. The molecule has 1 aliphatic carbocycles. The first-order valence-corrected chi connectivity index (χ1v) is 8.25. The Labute approximate surface area is 121 Å². The minimum Gasteiger partial charge on any atom is -0.376 e. The number of nitrogens with zero attached hydrogens (tertiary/aromatic N) is 1. The zero-order valence-electron chi connectivity index (χ0n) is 12.4. The smallest absolute Gasteiger partial charge is 0.248 e. The second-order valence-electron chi connectivity index (χ2n) is 6.78. The van der Waals surface area contributed by atoms with Crippen LogP contribution in [0.4, 0.5) is 0 Å². The summed E-state index contributed by atoms with van der Waals surface area (Å²) in [6, 6.07) is 0. The first kappa shape index (κ1) is 14.3. The van der Waals surface area contributed by atoms with E-state index in [4.69, 9.17) is 9.47 Å². The molecule has 3 rings (SSSR count). The van der Waals surface area contributed by atoms with Crippen molar-refractivity contribution in [3.05, 3.63) is 0 Å². The summed E-state index contributed by atoms with van der Waals surface area (Å²) in [6.45, 7) is 3.55. The van der Waals surface area contributed by atoms with E-state index < -0.39 is 0 Å². The number of rotatable bonds is 4. The fourth-order valence-corrected chi connectivity index (χ4v) is 3.99. The maximum absolute atomic E-state index is 12.2. The van der Waals surface area contributed by atoms with Gasteiger partial charge in [-0.05, 0) is 43.9 Å². The van der Waals surface area contributed by atoms with E-state index in [1.54, 1.807) is 0 Å². The van der Waals surface area contributed by atoms with E-state index in [2.05, 4.69) is 0 Å². The molecular formula is C16H27NO3. The van der Waals surface area contributed by atoms with E-state index in [0.717, 1.165) is 32.5 Å². The lowest BCUT2D eigenvalue weighted by atomic mass is 9.86. The van der Waals surface area contributed by atoms with Crippen molar-refractivity contribution in [2.75, 3.05) is 32.9 Å². The number of hydrogen-bond acceptors (Lipinski definition) is 3. The lowest BCUT2D eigenvalue weighted by molar-refractivity contribution is -0.137. The van der Waals surface area contributed by atoms with Crippen LogP contribution in [0.15, 0.2) is 0 Å². The van der Waals surface area contributed by atoms with Crippen molar-refractivity contribution >= 4 is 5.91 Å². The fraction of sp³-hybridized carbons (Fsp3) is 0.938. The van der Waals surface area contributed by atoms with Crippen LogP contribution in [0.25, 0.3) is 0 Å². The molecule has 1 amide bonds. The van der Waals surface area contributed by atoms with Crippen LogP contribution < -0.4 is 0 Å². The molecule has 0 bridgehead atoms. The summed E-state index contributed by atoms with van der Waals surface area (Å²) >= 11 is 0. The summed E-state index contributed by atoms with van der Waals surface area (Å²) < 4.78 is 11.2. The number of carbonyl (C=O) groups excluding carboxylic acids is 1. The van der Waals surface area contributed by atoms with Gasteiger partial charge in [0.1, 0.15) is 6.61 Å². The molecule has 2 aliphatic heterocycles. The predicted octanol–water partition coefficient (Wildman–Crippen LogP) is 2.36. The minimum absolute atomic E-state index is 0.171. The van der Waals surface area contributed by atoms with Gasteiger partial charge in [0.05, 0.1) is 12.7 Å². The van der Waals surface area contributed by atoms with Gasteiger partial charge in [-0.3, -0.25) is 4.79 Å². The summed E-state index contributed by atoms with van der Waals surface area (Å²) in [5, 5.41) is 0. The average Bonchev–Trinajstić information content (AvgIpc) is 3.11. The van der Waals surface area contributed by atoms with E-state index in [-0.39, 0.29) is 18.6 Å². The standard InChI is InChI=1S/C16H27NO3/c18-15(12-19-11-14-5-1-4-10-20-14)17-9-8-16(13-17)6-2-3-7-16/h14H,1-13H2. The van der Waals surface area contributed by atoms with Crippen LogP contribution in [-0.2, 0) is 14.3 Å². The van der Waals surface area contributed by atoms with Crippen LogP contribution in [-0.4, -0.2) is 49.8 Å². The molecule has 0 aromatic rings.